The standard InChI is InChI=1S/C25H27NOS/c26-19-21-8-10-23(11-9-21)24-12-14-25(15-13-24)27-17-6-4-2-1-3-5-7-22-16-18-28-20-22/h8-16,18,20H,1-7,17H2. The summed E-state index contributed by atoms with van der Waals surface area (Å²) in [6.07, 6.45) is 8.83. The zero-order chi connectivity index (χ0) is 19.4. The maximum Gasteiger partial charge on any atom is 0.119 e. The van der Waals surface area contributed by atoms with E-state index in [1.807, 2.05) is 36.4 Å². The summed E-state index contributed by atoms with van der Waals surface area (Å²) in [5, 5.41) is 13.3. The fourth-order valence-corrected chi connectivity index (χ4v) is 3.95. The van der Waals surface area contributed by atoms with Gasteiger partial charge in [0.2, 0.25) is 0 Å². The summed E-state index contributed by atoms with van der Waals surface area (Å²) in [4.78, 5) is 0. The van der Waals surface area contributed by atoms with Gasteiger partial charge in [-0.2, -0.15) is 16.6 Å². The zero-order valence-electron chi connectivity index (χ0n) is 16.3. The molecule has 0 aliphatic rings. The molecule has 0 radical (unpaired) electrons. The Balaban J connectivity index is 1.27. The van der Waals surface area contributed by atoms with Crippen LogP contribution in [0.5, 0.6) is 5.75 Å². The van der Waals surface area contributed by atoms with E-state index in [4.69, 9.17) is 10.00 Å². The Labute approximate surface area is 172 Å². The lowest BCUT2D eigenvalue weighted by Crippen LogP contribution is -1.97. The lowest BCUT2D eigenvalue weighted by Gasteiger charge is -2.08. The second-order valence-corrected chi connectivity index (χ2v) is 7.84. The lowest BCUT2D eigenvalue weighted by molar-refractivity contribution is 0.304. The molecular weight excluding hydrogens is 362 g/mol. The highest BCUT2D eigenvalue weighted by atomic mass is 32.1. The van der Waals surface area contributed by atoms with E-state index in [1.165, 1.54) is 44.1 Å². The number of benzene rings is 2. The quantitative estimate of drug-likeness (QED) is 0.324. The summed E-state index contributed by atoms with van der Waals surface area (Å²) < 4.78 is 5.87. The van der Waals surface area contributed by atoms with Crippen molar-refractivity contribution in [2.24, 2.45) is 0 Å². The molecular formula is C25H27NOS. The van der Waals surface area contributed by atoms with Gasteiger partial charge in [0.25, 0.3) is 0 Å². The molecule has 2 aromatic carbocycles. The van der Waals surface area contributed by atoms with Crippen molar-refractivity contribution in [1.29, 1.82) is 5.26 Å². The number of rotatable bonds is 11. The maximum absolute atomic E-state index is 8.88. The first-order chi connectivity index (χ1) is 13.8. The van der Waals surface area contributed by atoms with Crippen molar-refractivity contribution in [3.05, 3.63) is 76.5 Å². The van der Waals surface area contributed by atoms with E-state index in [0.29, 0.717) is 5.56 Å². The Kier molecular flexibility index (Phi) is 8.15. The molecule has 0 atom stereocenters. The van der Waals surface area contributed by atoms with Crippen LogP contribution in [0.2, 0.25) is 0 Å². The van der Waals surface area contributed by atoms with Gasteiger partial charge in [-0.25, -0.2) is 0 Å². The SMILES string of the molecule is N#Cc1ccc(-c2ccc(OCCCCCCCCc3ccsc3)cc2)cc1. The Bertz CT molecular complexity index is 845. The van der Waals surface area contributed by atoms with Crippen molar-refractivity contribution in [3.63, 3.8) is 0 Å². The average molecular weight is 390 g/mol. The van der Waals surface area contributed by atoms with Crippen LogP contribution < -0.4 is 4.74 Å². The molecule has 3 rings (SSSR count). The van der Waals surface area contributed by atoms with Gasteiger partial charge in [0, 0.05) is 0 Å². The van der Waals surface area contributed by atoms with Crippen molar-refractivity contribution >= 4 is 11.3 Å². The third-order valence-corrected chi connectivity index (χ3v) is 5.64. The summed E-state index contributed by atoms with van der Waals surface area (Å²) in [7, 11) is 0. The molecule has 3 heteroatoms. The van der Waals surface area contributed by atoms with Crippen LogP contribution in [-0.2, 0) is 6.42 Å². The van der Waals surface area contributed by atoms with Gasteiger partial charge in [0.05, 0.1) is 18.2 Å². The number of ether oxygens (including phenoxy) is 1. The molecule has 0 aliphatic heterocycles. The predicted molar refractivity (Wildman–Crippen MR) is 118 cm³/mol. The molecule has 1 heterocycles. The van der Waals surface area contributed by atoms with Crippen LogP contribution >= 0.6 is 11.3 Å². The normalized spacial score (nSPS) is 10.5. The van der Waals surface area contributed by atoms with Crippen LogP contribution in [0.1, 0.15) is 49.7 Å². The number of aryl methyl sites for hydroxylation is 1. The minimum Gasteiger partial charge on any atom is -0.494 e. The Morgan fingerprint density at radius 3 is 2.04 bits per heavy atom. The van der Waals surface area contributed by atoms with Gasteiger partial charge in [-0.3, -0.25) is 0 Å². The van der Waals surface area contributed by atoms with Gasteiger partial charge < -0.3 is 4.74 Å². The van der Waals surface area contributed by atoms with Crippen LogP contribution in [0.25, 0.3) is 11.1 Å². The van der Waals surface area contributed by atoms with Crippen LogP contribution in [0.15, 0.2) is 65.4 Å². The molecule has 0 aliphatic carbocycles. The summed E-state index contributed by atoms with van der Waals surface area (Å²) >= 11 is 1.79. The van der Waals surface area contributed by atoms with Crippen molar-refractivity contribution in [1.82, 2.24) is 0 Å². The Morgan fingerprint density at radius 2 is 1.39 bits per heavy atom. The number of nitriles is 1. The Hall–Kier alpha value is -2.57. The van der Waals surface area contributed by atoms with E-state index >= 15 is 0 Å². The minimum absolute atomic E-state index is 0.686. The highest BCUT2D eigenvalue weighted by Crippen LogP contribution is 2.23. The van der Waals surface area contributed by atoms with Crippen molar-refractivity contribution in [3.8, 4) is 22.9 Å². The first kappa shape index (κ1) is 20.2. The van der Waals surface area contributed by atoms with Gasteiger partial charge >= 0.3 is 0 Å². The molecule has 0 amide bonds. The highest BCUT2D eigenvalue weighted by Gasteiger charge is 2.00. The minimum atomic E-state index is 0.686. The first-order valence-corrected chi connectivity index (χ1v) is 11.0. The largest absolute Gasteiger partial charge is 0.494 e. The van der Waals surface area contributed by atoms with E-state index in [2.05, 4.69) is 35.0 Å². The fourth-order valence-electron chi connectivity index (χ4n) is 3.24. The molecule has 144 valence electrons. The number of hydrogen-bond donors (Lipinski definition) is 0. The molecule has 3 aromatic rings. The monoisotopic (exact) mass is 389 g/mol. The summed E-state index contributed by atoms with van der Waals surface area (Å²) in [6, 6.07) is 20.2. The molecule has 0 N–H and O–H groups in total. The van der Waals surface area contributed by atoms with Gasteiger partial charge in [-0.05, 0) is 77.0 Å². The molecule has 0 fully saturated rings. The highest BCUT2D eigenvalue weighted by molar-refractivity contribution is 7.07. The third-order valence-electron chi connectivity index (χ3n) is 4.91. The maximum atomic E-state index is 8.88. The molecule has 1 aromatic heterocycles. The van der Waals surface area contributed by atoms with Gasteiger partial charge in [-0.15, -0.1) is 0 Å². The van der Waals surface area contributed by atoms with E-state index < -0.39 is 0 Å². The molecule has 0 unspecified atom stereocenters. The van der Waals surface area contributed by atoms with Crippen LogP contribution in [-0.4, -0.2) is 6.61 Å². The van der Waals surface area contributed by atoms with E-state index in [0.717, 1.165) is 29.9 Å². The van der Waals surface area contributed by atoms with E-state index in [-0.39, 0.29) is 0 Å². The third kappa shape index (κ3) is 6.55. The fraction of sp³-hybridized carbons (Fsp3) is 0.320. The van der Waals surface area contributed by atoms with Crippen molar-refractivity contribution in [2.75, 3.05) is 6.61 Å². The second-order valence-electron chi connectivity index (χ2n) is 7.06. The predicted octanol–water partition coefficient (Wildman–Crippen LogP) is 7.25. The van der Waals surface area contributed by atoms with Crippen LogP contribution in [0.4, 0.5) is 0 Å². The number of thiophene rings is 1. The van der Waals surface area contributed by atoms with Gasteiger partial charge in [0.1, 0.15) is 5.75 Å². The molecule has 0 saturated heterocycles. The van der Waals surface area contributed by atoms with Crippen molar-refractivity contribution < 1.29 is 4.74 Å². The zero-order valence-corrected chi connectivity index (χ0v) is 17.1. The lowest BCUT2D eigenvalue weighted by atomic mass is 10.0. The van der Waals surface area contributed by atoms with E-state index in [1.54, 1.807) is 11.3 Å². The van der Waals surface area contributed by atoms with E-state index in [9.17, 15) is 0 Å². The van der Waals surface area contributed by atoms with Crippen LogP contribution in [0.3, 0.4) is 0 Å². The smallest absolute Gasteiger partial charge is 0.119 e. The van der Waals surface area contributed by atoms with Crippen LogP contribution in [0, 0.1) is 11.3 Å². The Morgan fingerprint density at radius 1 is 0.750 bits per heavy atom. The first-order valence-electron chi connectivity index (χ1n) is 10.1. The second kappa shape index (κ2) is 11.3. The summed E-state index contributed by atoms with van der Waals surface area (Å²) in [6.45, 7) is 0.783. The summed E-state index contributed by atoms with van der Waals surface area (Å²) in [5.41, 5.74) is 4.43. The van der Waals surface area contributed by atoms with Crippen molar-refractivity contribution in [2.45, 2.75) is 44.9 Å². The molecule has 0 bridgehead atoms. The number of unbranched alkanes of at least 4 members (excludes halogenated alkanes) is 5. The number of nitrogens with zero attached hydrogens (tertiary/aromatic N) is 1. The average Bonchev–Trinajstić information content (AvgIpc) is 3.27. The van der Waals surface area contributed by atoms with Gasteiger partial charge in [0.15, 0.2) is 0 Å². The molecule has 0 saturated carbocycles. The molecule has 28 heavy (non-hydrogen) atoms. The van der Waals surface area contributed by atoms with Gasteiger partial charge in [-0.1, -0.05) is 49.9 Å². The molecule has 0 spiro atoms. The summed E-state index contributed by atoms with van der Waals surface area (Å²) in [5.74, 6) is 0.924. The number of hydrogen-bond acceptors (Lipinski definition) is 3. The topological polar surface area (TPSA) is 33.0 Å². The molecule has 2 nitrogen and oxygen atoms in total.